The van der Waals surface area contributed by atoms with Crippen LogP contribution in [0.15, 0.2) is 24.8 Å². The second-order valence-electron chi connectivity index (χ2n) is 8.49. The fourth-order valence-electron chi connectivity index (χ4n) is 4.20. The van der Waals surface area contributed by atoms with Gasteiger partial charge < -0.3 is 18.9 Å². The molecule has 2 aliphatic heterocycles. The number of hydrogen-bond acceptors (Lipinski definition) is 7. The van der Waals surface area contributed by atoms with Gasteiger partial charge in [-0.05, 0) is 37.8 Å². The van der Waals surface area contributed by atoms with E-state index in [1.165, 1.54) is 0 Å². The van der Waals surface area contributed by atoms with E-state index < -0.39 is 5.60 Å². The van der Waals surface area contributed by atoms with Gasteiger partial charge in [-0.3, -0.25) is 19.7 Å². The summed E-state index contributed by atoms with van der Waals surface area (Å²) in [4.78, 5) is 35.1. The molecule has 2 rings (SSSR count). The minimum atomic E-state index is -0.545. The van der Waals surface area contributed by atoms with Crippen LogP contribution in [0.2, 0.25) is 0 Å². The number of ether oxygens (including phenoxy) is 4. The van der Waals surface area contributed by atoms with E-state index in [1.807, 2.05) is 13.8 Å². The van der Waals surface area contributed by atoms with Crippen molar-refractivity contribution in [2.45, 2.75) is 69.9 Å². The molecule has 2 fully saturated rings. The molecular weight excluding hydrogens is 402 g/mol. The molecule has 2 aliphatic rings. The molecule has 0 aliphatic carbocycles. The molecular formula is C23H35NO7. The van der Waals surface area contributed by atoms with Crippen LogP contribution in [0.25, 0.3) is 0 Å². The van der Waals surface area contributed by atoms with Crippen LogP contribution in [-0.4, -0.2) is 62.5 Å². The molecule has 31 heavy (non-hydrogen) atoms. The molecule has 5 atom stereocenters. The Morgan fingerprint density at radius 1 is 1.32 bits per heavy atom. The van der Waals surface area contributed by atoms with Gasteiger partial charge in [-0.1, -0.05) is 13.0 Å². The minimum Gasteiger partial charge on any atom is -0.375 e. The summed E-state index contributed by atoms with van der Waals surface area (Å²) < 4.78 is 22.2. The predicted molar refractivity (Wildman–Crippen MR) is 114 cm³/mol. The van der Waals surface area contributed by atoms with Crippen LogP contribution < -0.4 is 5.32 Å². The summed E-state index contributed by atoms with van der Waals surface area (Å²) in [6.45, 7) is 7.89. The van der Waals surface area contributed by atoms with E-state index in [0.29, 0.717) is 32.1 Å². The lowest BCUT2D eigenvalue weighted by Crippen LogP contribution is -2.39. The third kappa shape index (κ3) is 7.35. The minimum absolute atomic E-state index is 0.00255. The Morgan fingerprint density at radius 3 is 2.58 bits per heavy atom. The number of carbonyl (C=O) groups excluding carboxylic acids is 3. The number of carbonyl (C=O) groups is 3. The summed E-state index contributed by atoms with van der Waals surface area (Å²) in [6.07, 6.45) is 6.74. The summed E-state index contributed by atoms with van der Waals surface area (Å²) in [7, 11) is 3.16. The molecule has 8 nitrogen and oxygen atoms in total. The average molecular weight is 438 g/mol. The maximum atomic E-state index is 12.3. The van der Waals surface area contributed by atoms with Crippen molar-refractivity contribution in [3.8, 4) is 0 Å². The lowest BCUT2D eigenvalue weighted by Gasteiger charge is -2.28. The van der Waals surface area contributed by atoms with Gasteiger partial charge in [-0.25, -0.2) is 0 Å². The predicted octanol–water partition coefficient (Wildman–Crippen LogP) is 2.32. The van der Waals surface area contributed by atoms with Crippen LogP contribution in [0.1, 0.15) is 46.0 Å². The van der Waals surface area contributed by atoms with E-state index in [1.54, 1.807) is 32.4 Å². The Bertz CT molecular complexity index is 675. The number of imide groups is 1. The maximum Gasteiger partial charge on any atom is 0.226 e. The first-order chi connectivity index (χ1) is 14.7. The monoisotopic (exact) mass is 437 g/mol. The molecule has 2 heterocycles. The second-order valence-corrected chi connectivity index (χ2v) is 8.49. The Balaban J connectivity index is 1.82. The molecule has 2 saturated heterocycles. The van der Waals surface area contributed by atoms with Crippen molar-refractivity contribution in [2.24, 2.45) is 11.8 Å². The highest BCUT2D eigenvalue weighted by Gasteiger charge is 2.55. The van der Waals surface area contributed by atoms with E-state index >= 15 is 0 Å². The van der Waals surface area contributed by atoms with Gasteiger partial charge in [-0.2, -0.15) is 0 Å². The second kappa shape index (κ2) is 11.7. The van der Waals surface area contributed by atoms with E-state index in [4.69, 9.17) is 18.9 Å². The van der Waals surface area contributed by atoms with Gasteiger partial charge in [0.2, 0.25) is 11.8 Å². The van der Waals surface area contributed by atoms with Gasteiger partial charge in [0, 0.05) is 39.4 Å². The van der Waals surface area contributed by atoms with Crippen molar-refractivity contribution in [2.75, 3.05) is 21.0 Å². The van der Waals surface area contributed by atoms with Gasteiger partial charge in [-0.15, -0.1) is 6.58 Å². The fraction of sp³-hybridized carbons (Fsp3) is 0.696. The lowest BCUT2D eigenvalue weighted by atomic mass is 9.89. The maximum absolute atomic E-state index is 12.3. The first-order valence-corrected chi connectivity index (χ1v) is 10.7. The first-order valence-electron chi connectivity index (χ1n) is 10.7. The third-order valence-corrected chi connectivity index (χ3v) is 5.95. The molecule has 2 amide bonds. The quantitative estimate of drug-likeness (QED) is 0.146. The molecule has 174 valence electrons. The summed E-state index contributed by atoms with van der Waals surface area (Å²) >= 11 is 0. The summed E-state index contributed by atoms with van der Waals surface area (Å²) in [5.74, 6) is -0.450. The van der Waals surface area contributed by atoms with Crippen LogP contribution in [0, 0.1) is 11.8 Å². The van der Waals surface area contributed by atoms with E-state index in [-0.39, 0.29) is 54.5 Å². The first kappa shape index (κ1) is 25.4. The zero-order valence-electron chi connectivity index (χ0n) is 18.9. The number of methoxy groups -OCH3 is 2. The molecule has 1 N–H and O–H groups in total. The molecule has 0 aromatic rings. The third-order valence-electron chi connectivity index (χ3n) is 5.95. The van der Waals surface area contributed by atoms with E-state index in [2.05, 4.69) is 11.9 Å². The highest BCUT2D eigenvalue weighted by atomic mass is 16.7. The van der Waals surface area contributed by atoms with Crippen molar-refractivity contribution >= 4 is 17.6 Å². The van der Waals surface area contributed by atoms with Gasteiger partial charge >= 0.3 is 0 Å². The number of hydrogen-bond donors (Lipinski definition) is 1. The highest BCUT2D eigenvalue weighted by molar-refractivity contribution is 5.97. The summed E-state index contributed by atoms with van der Waals surface area (Å²) in [5, 5.41) is 2.30. The number of amides is 2. The summed E-state index contributed by atoms with van der Waals surface area (Å²) in [5.41, 5.74) is -0.545. The molecule has 0 aromatic heterocycles. The van der Waals surface area contributed by atoms with Gasteiger partial charge in [0.05, 0.1) is 12.2 Å². The van der Waals surface area contributed by atoms with Crippen molar-refractivity contribution in [1.29, 1.82) is 0 Å². The largest absolute Gasteiger partial charge is 0.375 e. The fourth-order valence-corrected chi connectivity index (χ4v) is 4.20. The number of ketones is 1. The van der Waals surface area contributed by atoms with Crippen molar-refractivity contribution in [3.05, 3.63) is 24.8 Å². The Kier molecular flexibility index (Phi) is 9.55. The molecule has 0 aromatic carbocycles. The highest BCUT2D eigenvalue weighted by Crippen LogP contribution is 2.44. The average Bonchev–Trinajstić information content (AvgIpc) is 3.40. The SMILES string of the molecule is C=C[C@H](OC)[C@@H](OCOC)[C@H](C)[C@H]1O[C@@]1(C)/C=C/C(=O)CCCC1CC(=O)NC(=O)C1. The standard InChI is InChI=1S/C23H35NO7/c1-6-18(29-5)21(30-14-28-4)15(2)22-23(3,31-22)11-10-17(25)9-7-8-16-12-19(26)24-20(27)13-16/h6,10-11,15-16,18,21-22H,1,7-9,12-14H2,2-5H3,(H,24,26,27)/b11-10+/t15-,18-,21-,22+,23-/m0/s1. The Morgan fingerprint density at radius 2 is 2.00 bits per heavy atom. The van der Waals surface area contributed by atoms with E-state index in [9.17, 15) is 14.4 Å². The lowest BCUT2D eigenvalue weighted by molar-refractivity contribution is -0.134. The summed E-state index contributed by atoms with van der Waals surface area (Å²) in [6, 6.07) is 0. The zero-order valence-corrected chi connectivity index (χ0v) is 18.9. The zero-order chi connectivity index (χ0) is 23.0. The molecule has 0 radical (unpaired) electrons. The molecule has 0 saturated carbocycles. The van der Waals surface area contributed by atoms with Crippen LogP contribution in [-0.2, 0) is 33.3 Å². The van der Waals surface area contributed by atoms with Crippen LogP contribution in [0.5, 0.6) is 0 Å². The van der Waals surface area contributed by atoms with Crippen molar-refractivity contribution < 1.29 is 33.3 Å². The number of epoxide rings is 1. The van der Waals surface area contributed by atoms with Crippen LogP contribution >= 0.6 is 0 Å². The van der Waals surface area contributed by atoms with Gasteiger partial charge in [0.25, 0.3) is 0 Å². The normalized spacial score (nSPS) is 27.0. The topological polar surface area (TPSA) is 103 Å². The van der Waals surface area contributed by atoms with Gasteiger partial charge in [0.1, 0.15) is 18.5 Å². The smallest absolute Gasteiger partial charge is 0.226 e. The van der Waals surface area contributed by atoms with Gasteiger partial charge in [0.15, 0.2) is 5.78 Å². The number of piperidine rings is 1. The van der Waals surface area contributed by atoms with Crippen molar-refractivity contribution in [3.63, 3.8) is 0 Å². The Labute approximate surface area is 184 Å². The Hall–Kier alpha value is -1.87. The number of allylic oxidation sites excluding steroid dienone is 1. The van der Waals surface area contributed by atoms with Crippen LogP contribution in [0.4, 0.5) is 0 Å². The van der Waals surface area contributed by atoms with Crippen molar-refractivity contribution in [1.82, 2.24) is 5.32 Å². The molecule has 0 bridgehead atoms. The molecule has 0 unspecified atom stereocenters. The number of rotatable bonds is 14. The van der Waals surface area contributed by atoms with Crippen LogP contribution in [0.3, 0.4) is 0 Å². The van der Waals surface area contributed by atoms with E-state index in [0.717, 1.165) is 0 Å². The molecule has 0 spiro atoms. The number of nitrogens with one attached hydrogen (secondary N) is 1. The molecule has 8 heteroatoms.